The highest BCUT2D eigenvalue weighted by atomic mass is 35.5. The van der Waals surface area contributed by atoms with Crippen LogP contribution >= 0.6 is 11.6 Å². The van der Waals surface area contributed by atoms with Crippen LogP contribution < -0.4 is 0 Å². The fourth-order valence-corrected chi connectivity index (χ4v) is 1.76. The Kier molecular flexibility index (Phi) is 3.50. The van der Waals surface area contributed by atoms with E-state index in [2.05, 4.69) is 0 Å². The van der Waals surface area contributed by atoms with E-state index in [9.17, 15) is 9.50 Å². The number of aliphatic hydroxyl groups excluding tert-OH is 1. The third kappa shape index (κ3) is 2.87. The van der Waals surface area contributed by atoms with Gasteiger partial charge in [0.2, 0.25) is 0 Å². The van der Waals surface area contributed by atoms with Crippen LogP contribution in [0.15, 0.2) is 34.7 Å². The summed E-state index contributed by atoms with van der Waals surface area (Å²) >= 11 is 5.70. The van der Waals surface area contributed by atoms with Crippen molar-refractivity contribution in [1.29, 1.82) is 0 Å². The Morgan fingerprint density at radius 1 is 1.35 bits per heavy atom. The molecule has 0 fully saturated rings. The van der Waals surface area contributed by atoms with Crippen molar-refractivity contribution in [3.05, 3.63) is 46.9 Å². The smallest absolute Gasteiger partial charge is 0.141 e. The van der Waals surface area contributed by atoms with Crippen LogP contribution in [-0.2, 0) is 6.42 Å². The van der Waals surface area contributed by atoms with E-state index in [0.717, 1.165) is 0 Å². The van der Waals surface area contributed by atoms with Crippen molar-refractivity contribution >= 4 is 11.6 Å². The van der Waals surface area contributed by atoms with Gasteiger partial charge in [0.05, 0.1) is 11.1 Å². The lowest BCUT2D eigenvalue weighted by atomic mass is 10.2. The minimum Gasteiger partial charge on any atom is -0.461 e. The number of furan rings is 1. The molecule has 1 aromatic carbocycles. The second kappa shape index (κ2) is 4.90. The van der Waals surface area contributed by atoms with Crippen molar-refractivity contribution in [3.63, 3.8) is 0 Å². The number of aliphatic hydroxyl groups is 1. The van der Waals surface area contributed by atoms with Crippen molar-refractivity contribution in [2.75, 3.05) is 0 Å². The van der Waals surface area contributed by atoms with Crippen LogP contribution in [0.2, 0.25) is 5.02 Å². The van der Waals surface area contributed by atoms with Gasteiger partial charge >= 0.3 is 0 Å². The summed E-state index contributed by atoms with van der Waals surface area (Å²) in [4.78, 5) is 0. The molecule has 1 unspecified atom stereocenters. The molecule has 4 heteroatoms. The van der Waals surface area contributed by atoms with E-state index in [4.69, 9.17) is 16.0 Å². The van der Waals surface area contributed by atoms with Crippen molar-refractivity contribution < 1.29 is 13.9 Å². The highest BCUT2D eigenvalue weighted by Gasteiger charge is 2.09. The third-order valence-corrected chi connectivity index (χ3v) is 2.65. The molecule has 0 saturated heterocycles. The van der Waals surface area contributed by atoms with Crippen molar-refractivity contribution in [3.8, 4) is 11.3 Å². The monoisotopic (exact) mass is 254 g/mol. The molecule has 2 nitrogen and oxygen atoms in total. The van der Waals surface area contributed by atoms with Crippen LogP contribution in [0.4, 0.5) is 4.39 Å². The first kappa shape index (κ1) is 12.1. The first-order valence-corrected chi connectivity index (χ1v) is 5.66. The van der Waals surface area contributed by atoms with E-state index in [1.165, 1.54) is 12.1 Å². The maximum atomic E-state index is 13.0. The van der Waals surface area contributed by atoms with Gasteiger partial charge in [0.1, 0.15) is 17.3 Å². The van der Waals surface area contributed by atoms with Crippen LogP contribution in [0, 0.1) is 5.82 Å². The van der Waals surface area contributed by atoms with Crippen LogP contribution in [-0.4, -0.2) is 11.2 Å². The van der Waals surface area contributed by atoms with E-state index < -0.39 is 11.9 Å². The van der Waals surface area contributed by atoms with Gasteiger partial charge in [0.15, 0.2) is 0 Å². The molecule has 2 rings (SSSR count). The van der Waals surface area contributed by atoms with Gasteiger partial charge in [0.25, 0.3) is 0 Å². The van der Waals surface area contributed by atoms with Crippen molar-refractivity contribution in [2.24, 2.45) is 0 Å². The first-order valence-electron chi connectivity index (χ1n) is 5.28. The maximum absolute atomic E-state index is 13.0. The quantitative estimate of drug-likeness (QED) is 0.907. The van der Waals surface area contributed by atoms with E-state index in [1.807, 2.05) is 0 Å². The molecule has 0 radical (unpaired) electrons. The van der Waals surface area contributed by atoms with Gasteiger partial charge in [-0.3, -0.25) is 0 Å². The second-order valence-electron chi connectivity index (χ2n) is 3.95. The highest BCUT2D eigenvalue weighted by molar-refractivity contribution is 6.31. The van der Waals surface area contributed by atoms with E-state index in [-0.39, 0.29) is 5.02 Å². The zero-order chi connectivity index (χ0) is 12.4. The van der Waals surface area contributed by atoms with Crippen molar-refractivity contribution in [2.45, 2.75) is 19.4 Å². The van der Waals surface area contributed by atoms with E-state index in [0.29, 0.717) is 23.5 Å². The minimum absolute atomic E-state index is 0.0657. The molecule has 90 valence electrons. The Hall–Kier alpha value is -1.32. The van der Waals surface area contributed by atoms with Gasteiger partial charge in [-0.2, -0.15) is 0 Å². The summed E-state index contributed by atoms with van der Waals surface area (Å²) in [5, 5.41) is 9.30. The average molecular weight is 255 g/mol. The largest absolute Gasteiger partial charge is 0.461 e. The number of hydrogen-bond acceptors (Lipinski definition) is 2. The summed E-state index contributed by atoms with van der Waals surface area (Å²) in [6.07, 6.45) is 0.000343. The Labute approximate surface area is 104 Å². The first-order chi connectivity index (χ1) is 8.06. The summed E-state index contributed by atoms with van der Waals surface area (Å²) in [5.41, 5.74) is 0.716. The average Bonchev–Trinajstić information content (AvgIpc) is 2.69. The molecule has 0 bridgehead atoms. The van der Waals surface area contributed by atoms with Gasteiger partial charge in [-0.1, -0.05) is 11.6 Å². The van der Waals surface area contributed by atoms with Gasteiger partial charge in [-0.05, 0) is 37.3 Å². The predicted octanol–water partition coefficient (Wildman–Crippen LogP) is 3.66. The fourth-order valence-electron chi connectivity index (χ4n) is 1.58. The Morgan fingerprint density at radius 3 is 2.76 bits per heavy atom. The lowest BCUT2D eigenvalue weighted by Crippen LogP contribution is -2.02. The molecule has 0 aliphatic heterocycles. The molecule has 2 aromatic rings. The maximum Gasteiger partial charge on any atom is 0.141 e. The molecule has 1 N–H and O–H groups in total. The zero-order valence-corrected chi connectivity index (χ0v) is 10.0. The topological polar surface area (TPSA) is 33.4 Å². The van der Waals surface area contributed by atoms with E-state index >= 15 is 0 Å². The molecular weight excluding hydrogens is 243 g/mol. The zero-order valence-electron chi connectivity index (χ0n) is 9.28. The van der Waals surface area contributed by atoms with Crippen LogP contribution in [0.25, 0.3) is 11.3 Å². The number of benzene rings is 1. The Bertz CT molecular complexity index is 520. The molecule has 0 aliphatic rings. The molecule has 17 heavy (non-hydrogen) atoms. The lowest BCUT2D eigenvalue weighted by molar-refractivity contribution is 0.187. The Morgan fingerprint density at radius 2 is 2.12 bits per heavy atom. The van der Waals surface area contributed by atoms with Crippen molar-refractivity contribution in [1.82, 2.24) is 0 Å². The summed E-state index contributed by atoms with van der Waals surface area (Å²) in [6.45, 7) is 1.69. The number of rotatable bonds is 3. The highest BCUT2D eigenvalue weighted by Crippen LogP contribution is 2.26. The fraction of sp³-hybridized carbons (Fsp3) is 0.231. The standard InChI is InChI=1S/C13H12ClFO2/c1-8(16)6-10-3-5-13(17-10)9-2-4-12(15)11(14)7-9/h2-5,7-8,16H,6H2,1H3. The molecular formula is C13H12ClFO2. The molecule has 1 aromatic heterocycles. The third-order valence-electron chi connectivity index (χ3n) is 2.36. The predicted molar refractivity (Wildman–Crippen MR) is 64.5 cm³/mol. The van der Waals surface area contributed by atoms with Crippen LogP contribution in [0.5, 0.6) is 0 Å². The van der Waals surface area contributed by atoms with Crippen LogP contribution in [0.3, 0.4) is 0 Å². The molecule has 0 saturated carbocycles. The molecule has 0 spiro atoms. The number of halogens is 2. The molecule has 0 aliphatic carbocycles. The Balaban J connectivity index is 2.27. The summed E-state index contributed by atoms with van der Waals surface area (Å²) < 4.78 is 18.5. The van der Waals surface area contributed by atoms with Gasteiger partial charge in [0, 0.05) is 12.0 Å². The summed E-state index contributed by atoms with van der Waals surface area (Å²) in [6, 6.07) is 7.99. The second-order valence-corrected chi connectivity index (χ2v) is 4.36. The lowest BCUT2D eigenvalue weighted by Gasteiger charge is -2.01. The summed E-state index contributed by atoms with van der Waals surface area (Å²) in [5.74, 6) is 0.851. The molecule has 1 atom stereocenters. The molecule has 1 heterocycles. The number of hydrogen-bond donors (Lipinski definition) is 1. The normalized spacial score (nSPS) is 12.7. The van der Waals surface area contributed by atoms with Crippen LogP contribution in [0.1, 0.15) is 12.7 Å². The minimum atomic E-state index is -0.453. The van der Waals surface area contributed by atoms with Gasteiger partial charge in [-0.15, -0.1) is 0 Å². The summed E-state index contributed by atoms with van der Waals surface area (Å²) in [7, 11) is 0. The van der Waals surface area contributed by atoms with Gasteiger partial charge < -0.3 is 9.52 Å². The van der Waals surface area contributed by atoms with Gasteiger partial charge in [-0.25, -0.2) is 4.39 Å². The molecule has 0 amide bonds. The van der Waals surface area contributed by atoms with E-state index in [1.54, 1.807) is 25.1 Å². The SMILES string of the molecule is CC(O)Cc1ccc(-c2ccc(F)c(Cl)c2)o1.